The van der Waals surface area contributed by atoms with Crippen molar-refractivity contribution < 1.29 is 14.6 Å². The summed E-state index contributed by atoms with van der Waals surface area (Å²) in [6.45, 7) is 3.52. The van der Waals surface area contributed by atoms with E-state index in [1.807, 2.05) is 30.5 Å². The number of nitrogens with zero attached hydrogens (tertiary/aromatic N) is 3. The molecule has 0 aliphatic carbocycles. The van der Waals surface area contributed by atoms with Gasteiger partial charge in [0, 0.05) is 19.3 Å². The second-order valence-electron chi connectivity index (χ2n) is 9.53. The van der Waals surface area contributed by atoms with Gasteiger partial charge in [-0.15, -0.1) is 0 Å². The smallest absolute Gasteiger partial charge is 0.325 e. The normalized spacial score (nSPS) is 17.4. The van der Waals surface area contributed by atoms with Crippen LogP contribution in [0.15, 0.2) is 109 Å². The topological polar surface area (TPSA) is 67.6 Å². The predicted octanol–water partition coefficient (Wildman–Crippen LogP) is 4.89. The van der Waals surface area contributed by atoms with E-state index in [0.29, 0.717) is 31.8 Å². The molecule has 2 heterocycles. The lowest BCUT2D eigenvalue weighted by Crippen LogP contribution is -2.52. The molecule has 1 N–H and O–H groups in total. The van der Waals surface area contributed by atoms with Crippen molar-refractivity contribution >= 4 is 12.0 Å². The number of likely N-dealkylation sites (tertiary alicyclic amines) is 1. The molecule has 1 aromatic heterocycles. The minimum absolute atomic E-state index is 0.109. The quantitative estimate of drug-likeness (QED) is 0.272. The van der Waals surface area contributed by atoms with E-state index in [4.69, 9.17) is 4.74 Å². The van der Waals surface area contributed by atoms with Crippen LogP contribution < -0.4 is 0 Å². The Bertz CT molecular complexity index is 1270. The zero-order valence-corrected chi connectivity index (χ0v) is 21.6. The van der Waals surface area contributed by atoms with Crippen LogP contribution in [0, 0.1) is 0 Å². The molecule has 3 aromatic carbocycles. The fraction of sp³-hybridized carbons (Fsp3) is 0.250. The van der Waals surface area contributed by atoms with Crippen molar-refractivity contribution in [1.29, 1.82) is 0 Å². The third-order valence-corrected chi connectivity index (χ3v) is 7.13. The predicted molar refractivity (Wildman–Crippen MR) is 148 cm³/mol. The Morgan fingerprint density at radius 3 is 2.05 bits per heavy atom. The monoisotopic (exact) mass is 507 g/mol. The van der Waals surface area contributed by atoms with Crippen LogP contribution in [0.1, 0.15) is 35.7 Å². The van der Waals surface area contributed by atoms with Crippen molar-refractivity contribution in [3.8, 4) is 0 Å². The maximum absolute atomic E-state index is 11.9. The summed E-state index contributed by atoms with van der Waals surface area (Å²) in [4.78, 5) is 18.8. The Morgan fingerprint density at radius 1 is 0.974 bits per heavy atom. The molecular formula is C32H33N3O3. The van der Waals surface area contributed by atoms with E-state index in [0.717, 1.165) is 5.57 Å². The van der Waals surface area contributed by atoms with Crippen molar-refractivity contribution in [3.05, 3.63) is 131 Å². The van der Waals surface area contributed by atoms with Crippen LogP contribution in [0.25, 0.3) is 6.08 Å². The third-order valence-electron chi connectivity index (χ3n) is 7.13. The molecule has 0 radical (unpaired) electrons. The number of carbonyl (C=O) groups is 1. The van der Waals surface area contributed by atoms with Gasteiger partial charge in [-0.2, -0.15) is 0 Å². The summed E-state index contributed by atoms with van der Waals surface area (Å²) in [5.74, 6) is -0.300. The molecule has 0 bridgehead atoms. The van der Waals surface area contributed by atoms with Crippen molar-refractivity contribution in [1.82, 2.24) is 14.5 Å². The Balaban J connectivity index is 1.57. The number of imidazole rings is 1. The molecule has 1 fully saturated rings. The SMILES string of the molecule is CCOC(=O)Cn1cnc(C=C2CN(C(c3ccccc3)(c3ccccc3)c3ccccc3)CCC2O)c1. The van der Waals surface area contributed by atoms with Gasteiger partial charge in [-0.1, -0.05) is 91.0 Å². The lowest BCUT2D eigenvalue weighted by atomic mass is 9.74. The van der Waals surface area contributed by atoms with E-state index in [2.05, 4.69) is 82.7 Å². The zero-order chi connectivity index (χ0) is 26.4. The van der Waals surface area contributed by atoms with Gasteiger partial charge in [-0.05, 0) is 41.7 Å². The lowest BCUT2D eigenvalue weighted by Gasteiger charge is -2.48. The highest BCUT2D eigenvalue weighted by molar-refractivity contribution is 5.69. The Morgan fingerprint density at radius 2 is 1.53 bits per heavy atom. The summed E-state index contributed by atoms with van der Waals surface area (Å²) < 4.78 is 6.76. The summed E-state index contributed by atoms with van der Waals surface area (Å²) in [6, 6.07) is 31.8. The van der Waals surface area contributed by atoms with Crippen LogP contribution in [0.3, 0.4) is 0 Å². The summed E-state index contributed by atoms with van der Waals surface area (Å²) in [5.41, 5.74) is 4.57. The maximum atomic E-state index is 11.9. The van der Waals surface area contributed by atoms with Crippen LogP contribution >= 0.6 is 0 Å². The van der Waals surface area contributed by atoms with E-state index < -0.39 is 11.6 Å². The number of aliphatic hydroxyl groups is 1. The van der Waals surface area contributed by atoms with Gasteiger partial charge < -0.3 is 14.4 Å². The molecule has 1 saturated heterocycles. The van der Waals surface area contributed by atoms with Gasteiger partial charge in [-0.25, -0.2) is 4.98 Å². The van der Waals surface area contributed by atoms with Gasteiger partial charge in [0.1, 0.15) is 6.54 Å². The van der Waals surface area contributed by atoms with Gasteiger partial charge in [0.25, 0.3) is 0 Å². The summed E-state index contributed by atoms with van der Waals surface area (Å²) in [7, 11) is 0. The van der Waals surface area contributed by atoms with Crippen LogP contribution in [-0.2, 0) is 21.6 Å². The standard InChI is InChI=1S/C32H33N3O3/c1-2-38-31(37)23-34-22-29(33-24-34)20-25-21-35(19-18-30(25)36)32(26-12-6-3-7-13-26,27-14-8-4-9-15-27)28-16-10-5-11-17-28/h3-17,20,22,24,30,36H,2,18-19,21,23H2,1H3. The van der Waals surface area contributed by atoms with Crippen molar-refractivity contribution in [3.63, 3.8) is 0 Å². The Hall–Kier alpha value is -4.00. The molecule has 194 valence electrons. The minimum Gasteiger partial charge on any atom is -0.465 e. The highest BCUT2D eigenvalue weighted by Gasteiger charge is 2.44. The highest BCUT2D eigenvalue weighted by Crippen LogP contribution is 2.44. The molecule has 1 atom stereocenters. The number of hydrogen-bond acceptors (Lipinski definition) is 5. The molecule has 1 unspecified atom stereocenters. The van der Waals surface area contributed by atoms with Gasteiger partial charge in [0.05, 0.1) is 30.3 Å². The molecular weight excluding hydrogens is 474 g/mol. The average molecular weight is 508 g/mol. The van der Waals surface area contributed by atoms with Crippen LogP contribution in [0.5, 0.6) is 0 Å². The van der Waals surface area contributed by atoms with E-state index in [9.17, 15) is 9.90 Å². The number of aromatic nitrogens is 2. The fourth-order valence-electron chi connectivity index (χ4n) is 5.47. The van der Waals surface area contributed by atoms with Crippen molar-refractivity contribution in [2.24, 2.45) is 0 Å². The van der Waals surface area contributed by atoms with Crippen molar-refractivity contribution in [2.45, 2.75) is 31.5 Å². The van der Waals surface area contributed by atoms with Crippen molar-refractivity contribution in [2.75, 3.05) is 19.7 Å². The lowest BCUT2D eigenvalue weighted by molar-refractivity contribution is -0.143. The van der Waals surface area contributed by atoms with Gasteiger partial charge in [-0.3, -0.25) is 9.69 Å². The first kappa shape index (κ1) is 25.6. The number of esters is 1. The second-order valence-corrected chi connectivity index (χ2v) is 9.53. The summed E-state index contributed by atoms with van der Waals surface area (Å²) in [5, 5.41) is 11.0. The molecule has 0 amide bonds. The number of rotatable bonds is 8. The number of piperidine rings is 1. The Labute approximate surface area is 223 Å². The van der Waals surface area contributed by atoms with Crippen LogP contribution in [-0.4, -0.2) is 51.3 Å². The van der Waals surface area contributed by atoms with Gasteiger partial charge in [0.2, 0.25) is 0 Å². The average Bonchev–Trinajstić information content (AvgIpc) is 3.39. The van der Waals surface area contributed by atoms with E-state index in [1.54, 1.807) is 17.8 Å². The fourth-order valence-corrected chi connectivity index (χ4v) is 5.47. The number of carbonyl (C=O) groups excluding carboxylic acids is 1. The largest absolute Gasteiger partial charge is 0.465 e. The minimum atomic E-state index is -0.568. The van der Waals surface area contributed by atoms with Crippen LogP contribution in [0.4, 0.5) is 0 Å². The number of benzene rings is 3. The molecule has 0 spiro atoms. The molecule has 5 rings (SSSR count). The number of hydrogen-bond donors (Lipinski definition) is 1. The van der Waals surface area contributed by atoms with Gasteiger partial charge in [0.15, 0.2) is 0 Å². The zero-order valence-electron chi connectivity index (χ0n) is 21.6. The molecule has 6 heteroatoms. The van der Waals surface area contributed by atoms with E-state index >= 15 is 0 Å². The second kappa shape index (κ2) is 11.6. The summed E-state index contributed by atoms with van der Waals surface area (Å²) >= 11 is 0. The third kappa shape index (κ3) is 5.19. The molecule has 1 aliphatic rings. The van der Waals surface area contributed by atoms with E-state index in [1.165, 1.54) is 16.7 Å². The molecule has 6 nitrogen and oxygen atoms in total. The molecule has 0 saturated carbocycles. The van der Waals surface area contributed by atoms with Gasteiger partial charge >= 0.3 is 5.97 Å². The first-order valence-electron chi connectivity index (χ1n) is 13.1. The molecule has 4 aromatic rings. The maximum Gasteiger partial charge on any atom is 0.325 e. The first-order valence-corrected chi connectivity index (χ1v) is 13.1. The summed E-state index contributed by atoms with van der Waals surface area (Å²) in [6.07, 6.45) is 5.42. The van der Waals surface area contributed by atoms with Crippen LogP contribution in [0.2, 0.25) is 0 Å². The molecule has 38 heavy (non-hydrogen) atoms. The molecule has 1 aliphatic heterocycles. The number of ether oxygens (including phenoxy) is 1. The van der Waals surface area contributed by atoms with E-state index in [-0.39, 0.29) is 12.5 Å². The first-order chi connectivity index (χ1) is 18.6. The highest BCUT2D eigenvalue weighted by atomic mass is 16.5. The Kier molecular flexibility index (Phi) is 7.82. The number of aliphatic hydroxyl groups excluding tert-OH is 1.